The Morgan fingerprint density at radius 1 is 1.08 bits per heavy atom. The Balaban J connectivity index is 2.47. The van der Waals surface area contributed by atoms with Gasteiger partial charge in [-0.2, -0.15) is 11.8 Å². The summed E-state index contributed by atoms with van der Waals surface area (Å²) in [6.07, 6.45) is 8.04. The molecule has 0 saturated carbocycles. The molecule has 0 saturated heterocycles. The molecule has 0 fully saturated rings. The first-order chi connectivity index (χ1) is 18.1. The number of terminal acetylenes is 1. The van der Waals surface area contributed by atoms with Crippen molar-refractivity contribution in [2.24, 2.45) is 0 Å². The van der Waals surface area contributed by atoms with Crippen LogP contribution in [0.25, 0.3) is 0 Å². The van der Waals surface area contributed by atoms with E-state index in [1.165, 1.54) is 4.90 Å². The topological polar surface area (TPSA) is 87.7 Å². The van der Waals surface area contributed by atoms with Gasteiger partial charge in [-0.1, -0.05) is 61.4 Å². The van der Waals surface area contributed by atoms with E-state index in [2.05, 4.69) is 16.6 Å². The van der Waals surface area contributed by atoms with Crippen molar-refractivity contribution >= 4 is 29.7 Å². The van der Waals surface area contributed by atoms with Crippen molar-refractivity contribution in [3.05, 3.63) is 71.3 Å². The Hall–Kier alpha value is -3.44. The highest BCUT2D eigenvalue weighted by Gasteiger charge is 2.36. The number of hydrogen-bond acceptors (Lipinski definition) is 5. The number of ether oxygens (including phenoxy) is 1. The molecule has 2 rings (SSSR count). The Kier molecular flexibility index (Phi) is 12.2. The maximum atomic E-state index is 14.0. The Bertz CT molecular complexity index is 1110. The predicted molar refractivity (Wildman–Crippen MR) is 154 cm³/mol. The first kappa shape index (κ1) is 30.8. The summed E-state index contributed by atoms with van der Waals surface area (Å²) < 4.78 is 5.42. The molecule has 0 aliphatic carbocycles. The number of nitrogens with zero attached hydrogens (tertiary/aromatic N) is 1. The first-order valence-corrected chi connectivity index (χ1v) is 14.2. The van der Waals surface area contributed by atoms with Crippen molar-refractivity contribution < 1.29 is 19.1 Å². The molecule has 0 radical (unpaired) electrons. The van der Waals surface area contributed by atoms with Crippen molar-refractivity contribution in [1.82, 2.24) is 15.5 Å². The second kappa shape index (κ2) is 15.1. The van der Waals surface area contributed by atoms with Crippen molar-refractivity contribution in [2.45, 2.75) is 64.8 Å². The van der Waals surface area contributed by atoms with Gasteiger partial charge in [0, 0.05) is 18.7 Å². The lowest BCUT2D eigenvalue weighted by Gasteiger charge is -2.34. The number of rotatable bonds is 12. The third-order valence-corrected chi connectivity index (χ3v) is 6.27. The smallest absolute Gasteiger partial charge is 0.408 e. The Morgan fingerprint density at radius 3 is 2.34 bits per heavy atom. The van der Waals surface area contributed by atoms with E-state index in [1.807, 2.05) is 43.5 Å². The van der Waals surface area contributed by atoms with Gasteiger partial charge in [-0.3, -0.25) is 9.59 Å². The average molecular weight is 538 g/mol. The molecular weight excluding hydrogens is 498 g/mol. The van der Waals surface area contributed by atoms with E-state index >= 15 is 0 Å². The molecule has 0 bridgehead atoms. The van der Waals surface area contributed by atoms with E-state index in [0.717, 1.165) is 5.56 Å². The van der Waals surface area contributed by atoms with Crippen LogP contribution in [0.5, 0.6) is 0 Å². The minimum absolute atomic E-state index is 0.299. The van der Waals surface area contributed by atoms with Gasteiger partial charge in [-0.15, -0.1) is 6.42 Å². The Morgan fingerprint density at radius 2 is 1.74 bits per heavy atom. The highest BCUT2D eigenvalue weighted by Crippen LogP contribution is 2.26. The zero-order chi connectivity index (χ0) is 28.1. The van der Waals surface area contributed by atoms with Gasteiger partial charge in [0.25, 0.3) is 0 Å². The van der Waals surface area contributed by atoms with E-state index in [0.29, 0.717) is 42.8 Å². The van der Waals surface area contributed by atoms with Crippen LogP contribution in [0.3, 0.4) is 0 Å². The van der Waals surface area contributed by atoms with E-state index in [1.54, 1.807) is 56.8 Å². The fourth-order valence-corrected chi connectivity index (χ4v) is 4.42. The van der Waals surface area contributed by atoms with Crippen LogP contribution in [0.4, 0.5) is 4.79 Å². The van der Waals surface area contributed by atoms with Gasteiger partial charge in [-0.05, 0) is 62.8 Å². The molecule has 0 aliphatic heterocycles. The molecule has 0 spiro atoms. The van der Waals surface area contributed by atoms with E-state index in [9.17, 15) is 14.4 Å². The fourth-order valence-electron chi connectivity index (χ4n) is 3.95. The Labute approximate surface area is 231 Å². The average Bonchev–Trinajstić information content (AvgIpc) is 2.89. The van der Waals surface area contributed by atoms with E-state index < -0.39 is 23.8 Å². The minimum Gasteiger partial charge on any atom is -0.444 e. The summed E-state index contributed by atoms with van der Waals surface area (Å²) in [5, 5.41) is 5.72. The fraction of sp³-hybridized carbons (Fsp3) is 0.433. The number of thioether (sulfide) groups is 1. The zero-order valence-corrected chi connectivity index (χ0v) is 23.8. The van der Waals surface area contributed by atoms with Crippen molar-refractivity contribution in [3.63, 3.8) is 0 Å². The molecule has 2 N–H and O–H groups in total. The lowest BCUT2D eigenvalue weighted by Crippen LogP contribution is -2.53. The second-order valence-corrected chi connectivity index (χ2v) is 10.8. The summed E-state index contributed by atoms with van der Waals surface area (Å²) in [6.45, 7) is 7.82. The molecule has 2 atom stereocenters. The van der Waals surface area contributed by atoms with Crippen LogP contribution in [-0.2, 0) is 20.9 Å². The first-order valence-electron chi connectivity index (χ1n) is 12.8. The normalized spacial score (nSPS) is 12.5. The van der Waals surface area contributed by atoms with Crippen LogP contribution in [-0.4, -0.2) is 53.0 Å². The van der Waals surface area contributed by atoms with Gasteiger partial charge < -0.3 is 20.3 Å². The lowest BCUT2D eigenvalue weighted by molar-refractivity contribution is -0.142. The summed E-state index contributed by atoms with van der Waals surface area (Å²) in [4.78, 5) is 42.0. The van der Waals surface area contributed by atoms with Crippen LogP contribution >= 0.6 is 11.8 Å². The van der Waals surface area contributed by atoms with Gasteiger partial charge in [0.05, 0.1) is 0 Å². The monoisotopic (exact) mass is 537 g/mol. The standard InChI is InChI=1S/C30H39N3O4S/c1-7-19-33(28(35)25(18-20-38-6)32-29(36)37-30(3,4)5)26(24-17-13-12-16-23(24)8-2)27(34)31-21-22-14-10-9-11-15-22/h2,9-17,25-26H,7,18-21H2,1,3-6H3,(H,31,34)(H,32,36). The van der Waals surface area contributed by atoms with E-state index in [4.69, 9.17) is 11.2 Å². The molecule has 0 heterocycles. The van der Waals surface area contributed by atoms with Crippen molar-refractivity contribution in [2.75, 3.05) is 18.6 Å². The summed E-state index contributed by atoms with van der Waals surface area (Å²) >= 11 is 1.57. The van der Waals surface area contributed by atoms with Gasteiger partial charge in [0.2, 0.25) is 11.8 Å². The number of hydrogen-bond donors (Lipinski definition) is 2. The molecular formula is C30H39N3O4S. The SMILES string of the molecule is C#Cc1ccccc1C(C(=O)NCc1ccccc1)N(CCC)C(=O)C(CCSC)NC(=O)OC(C)(C)C. The zero-order valence-electron chi connectivity index (χ0n) is 23.0. The van der Waals surface area contributed by atoms with Crippen molar-refractivity contribution in [3.8, 4) is 12.3 Å². The molecule has 2 aromatic rings. The quantitative estimate of drug-likeness (QED) is 0.376. The summed E-state index contributed by atoms with van der Waals surface area (Å²) in [5.74, 6) is 2.58. The maximum Gasteiger partial charge on any atom is 0.408 e. The highest BCUT2D eigenvalue weighted by molar-refractivity contribution is 7.98. The molecule has 38 heavy (non-hydrogen) atoms. The second-order valence-electron chi connectivity index (χ2n) is 9.85. The third-order valence-electron chi connectivity index (χ3n) is 5.63. The number of carbonyl (C=O) groups excluding carboxylic acids is 3. The number of carbonyl (C=O) groups is 3. The highest BCUT2D eigenvalue weighted by atomic mass is 32.2. The largest absolute Gasteiger partial charge is 0.444 e. The molecule has 7 nitrogen and oxygen atoms in total. The van der Waals surface area contributed by atoms with Gasteiger partial charge >= 0.3 is 6.09 Å². The molecule has 204 valence electrons. The van der Waals surface area contributed by atoms with Crippen LogP contribution in [0, 0.1) is 12.3 Å². The van der Waals surface area contributed by atoms with E-state index in [-0.39, 0.29) is 11.8 Å². The molecule has 3 amide bonds. The number of benzene rings is 2. The minimum atomic E-state index is -0.976. The molecule has 0 aliphatic rings. The summed E-state index contributed by atoms with van der Waals surface area (Å²) in [5.41, 5.74) is 1.30. The van der Waals surface area contributed by atoms with Gasteiger partial charge in [0.1, 0.15) is 17.7 Å². The molecule has 2 unspecified atom stereocenters. The van der Waals surface area contributed by atoms with Crippen LogP contribution in [0.15, 0.2) is 54.6 Å². The number of nitrogens with one attached hydrogen (secondary N) is 2. The predicted octanol–water partition coefficient (Wildman–Crippen LogP) is 4.91. The third kappa shape index (κ3) is 9.46. The van der Waals surface area contributed by atoms with Crippen LogP contribution in [0.1, 0.15) is 63.3 Å². The van der Waals surface area contributed by atoms with Crippen LogP contribution < -0.4 is 10.6 Å². The molecule has 0 aromatic heterocycles. The summed E-state index contributed by atoms with van der Waals surface area (Å²) in [7, 11) is 0. The van der Waals surface area contributed by atoms with Gasteiger partial charge in [0.15, 0.2) is 0 Å². The number of amides is 3. The lowest BCUT2D eigenvalue weighted by atomic mass is 9.97. The van der Waals surface area contributed by atoms with Gasteiger partial charge in [-0.25, -0.2) is 4.79 Å². The van der Waals surface area contributed by atoms with Crippen molar-refractivity contribution in [1.29, 1.82) is 0 Å². The molecule has 8 heteroatoms. The maximum absolute atomic E-state index is 14.0. The number of alkyl carbamates (subject to hydrolysis) is 1. The summed E-state index contributed by atoms with van der Waals surface area (Å²) in [6, 6.07) is 14.8. The molecule has 2 aromatic carbocycles. The van der Waals surface area contributed by atoms with Crippen LogP contribution in [0.2, 0.25) is 0 Å².